The minimum atomic E-state index is -2.96. The van der Waals surface area contributed by atoms with E-state index >= 15 is 0 Å². The number of nitrogens with zero attached hydrogens (tertiary/aromatic N) is 1. The summed E-state index contributed by atoms with van der Waals surface area (Å²) in [7, 11) is -2.96. The van der Waals surface area contributed by atoms with Crippen molar-refractivity contribution in [2.45, 2.75) is 50.9 Å². The van der Waals surface area contributed by atoms with Gasteiger partial charge in [0.1, 0.15) is 5.37 Å². The average molecular weight is 335 g/mol. The maximum atomic E-state index is 12.2. The number of thioether (sulfide) groups is 1. The summed E-state index contributed by atoms with van der Waals surface area (Å²) in [5.41, 5.74) is 0. The van der Waals surface area contributed by atoms with Crippen molar-refractivity contribution in [2.75, 3.05) is 36.9 Å². The molecule has 6 heteroatoms. The second-order valence-electron chi connectivity index (χ2n) is 6.44. The highest BCUT2D eigenvalue weighted by atomic mass is 32.2. The van der Waals surface area contributed by atoms with Crippen LogP contribution in [0.3, 0.4) is 0 Å². The van der Waals surface area contributed by atoms with Gasteiger partial charge in [-0.25, -0.2) is 8.42 Å². The maximum Gasteiger partial charge on any atom is 0.166 e. The lowest BCUT2D eigenvalue weighted by molar-refractivity contribution is 0.248. The van der Waals surface area contributed by atoms with E-state index < -0.39 is 9.84 Å². The molecule has 0 aromatic rings. The Bertz CT molecular complexity index is 414. The van der Waals surface area contributed by atoms with Gasteiger partial charge in [0.25, 0.3) is 0 Å². The topological polar surface area (TPSA) is 49.4 Å². The summed E-state index contributed by atoms with van der Waals surface area (Å²) < 4.78 is 24.4. The summed E-state index contributed by atoms with van der Waals surface area (Å²) >= 11 is 1.77. The van der Waals surface area contributed by atoms with Gasteiger partial charge in [0.15, 0.2) is 9.84 Å². The van der Waals surface area contributed by atoms with Gasteiger partial charge in [-0.15, -0.1) is 0 Å². The molecule has 1 saturated heterocycles. The van der Waals surface area contributed by atoms with E-state index in [4.69, 9.17) is 0 Å². The zero-order valence-corrected chi connectivity index (χ0v) is 15.0. The molecule has 21 heavy (non-hydrogen) atoms. The number of hydrogen-bond donors (Lipinski definition) is 1. The predicted molar refractivity (Wildman–Crippen MR) is 91.6 cm³/mol. The molecule has 2 rings (SSSR count). The van der Waals surface area contributed by atoms with E-state index in [0.29, 0.717) is 6.04 Å². The Morgan fingerprint density at radius 3 is 2.86 bits per heavy atom. The van der Waals surface area contributed by atoms with Gasteiger partial charge in [-0.3, -0.25) is 4.90 Å². The van der Waals surface area contributed by atoms with Gasteiger partial charge in [-0.2, -0.15) is 11.8 Å². The van der Waals surface area contributed by atoms with E-state index in [0.717, 1.165) is 37.1 Å². The minimum absolute atomic E-state index is 0.252. The van der Waals surface area contributed by atoms with Crippen molar-refractivity contribution in [2.24, 2.45) is 5.92 Å². The summed E-state index contributed by atoms with van der Waals surface area (Å²) in [4.78, 5) is 2.18. The van der Waals surface area contributed by atoms with E-state index in [1.54, 1.807) is 18.7 Å². The van der Waals surface area contributed by atoms with Crippen molar-refractivity contribution in [3.05, 3.63) is 0 Å². The van der Waals surface area contributed by atoms with Crippen LogP contribution in [0.5, 0.6) is 0 Å². The zero-order chi connectivity index (χ0) is 15.3. The van der Waals surface area contributed by atoms with Crippen LogP contribution in [-0.2, 0) is 9.84 Å². The van der Waals surface area contributed by atoms with Gasteiger partial charge in [0, 0.05) is 42.9 Å². The lowest BCUT2D eigenvalue weighted by Gasteiger charge is -2.35. The number of hydrogen-bond acceptors (Lipinski definition) is 5. The molecule has 0 aromatic carbocycles. The standard InChI is InChI=1S/C15H30N2O2S2/c1-3-21(18,19)15-12-20-10-9-17(15)8-7-16-14-6-4-5-13(2)11-14/h13-16H,3-12H2,1-2H3. The molecule has 2 fully saturated rings. The van der Waals surface area contributed by atoms with Crippen LogP contribution in [0.15, 0.2) is 0 Å². The fourth-order valence-electron chi connectivity index (χ4n) is 3.43. The summed E-state index contributed by atoms with van der Waals surface area (Å²) in [6.45, 7) is 6.76. The summed E-state index contributed by atoms with van der Waals surface area (Å²) in [6.07, 6.45) is 5.23. The molecule has 1 saturated carbocycles. The van der Waals surface area contributed by atoms with Crippen LogP contribution in [0.25, 0.3) is 0 Å². The smallest absolute Gasteiger partial charge is 0.166 e. The van der Waals surface area contributed by atoms with Crippen molar-refractivity contribution in [3.8, 4) is 0 Å². The molecular weight excluding hydrogens is 304 g/mol. The van der Waals surface area contributed by atoms with Crippen molar-refractivity contribution >= 4 is 21.6 Å². The van der Waals surface area contributed by atoms with Crippen molar-refractivity contribution in [1.29, 1.82) is 0 Å². The molecule has 1 aliphatic heterocycles. The summed E-state index contributed by atoms with van der Waals surface area (Å²) in [5, 5.41) is 3.38. The molecule has 0 aromatic heterocycles. The average Bonchev–Trinajstić information content (AvgIpc) is 2.48. The first-order chi connectivity index (χ1) is 10.0. The number of nitrogens with one attached hydrogen (secondary N) is 1. The molecule has 124 valence electrons. The molecule has 0 bridgehead atoms. The minimum Gasteiger partial charge on any atom is -0.313 e. The highest BCUT2D eigenvalue weighted by Gasteiger charge is 2.32. The highest BCUT2D eigenvalue weighted by Crippen LogP contribution is 2.24. The first-order valence-electron chi connectivity index (χ1n) is 8.29. The molecule has 0 radical (unpaired) electrons. The van der Waals surface area contributed by atoms with E-state index in [1.165, 1.54) is 25.7 Å². The lowest BCUT2D eigenvalue weighted by atomic mass is 9.87. The Morgan fingerprint density at radius 1 is 1.33 bits per heavy atom. The fourth-order valence-corrected chi connectivity index (χ4v) is 6.54. The van der Waals surface area contributed by atoms with Gasteiger partial charge >= 0.3 is 0 Å². The predicted octanol–water partition coefficient (Wildman–Crippen LogP) is 1.96. The first-order valence-corrected chi connectivity index (χ1v) is 11.2. The van der Waals surface area contributed by atoms with Crippen LogP contribution in [-0.4, -0.2) is 61.6 Å². The number of sulfone groups is 1. The molecule has 1 aliphatic carbocycles. The van der Waals surface area contributed by atoms with Crippen molar-refractivity contribution in [1.82, 2.24) is 10.2 Å². The quantitative estimate of drug-likeness (QED) is 0.805. The van der Waals surface area contributed by atoms with Gasteiger partial charge in [-0.05, 0) is 18.8 Å². The molecule has 1 heterocycles. The third-order valence-corrected chi connectivity index (χ3v) is 8.11. The van der Waals surface area contributed by atoms with Crippen molar-refractivity contribution in [3.63, 3.8) is 0 Å². The van der Waals surface area contributed by atoms with Crippen LogP contribution in [0, 0.1) is 5.92 Å². The molecule has 3 unspecified atom stereocenters. The largest absolute Gasteiger partial charge is 0.313 e. The second-order valence-corrected chi connectivity index (χ2v) is 10.0. The zero-order valence-electron chi connectivity index (χ0n) is 13.4. The molecule has 0 spiro atoms. The monoisotopic (exact) mass is 334 g/mol. The Morgan fingerprint density at radius 2 is 2.14 bits per heavy atom. The van der Waals surface area contributed by atoms with Crippen LogP contribution < -0.4 is 5.32 Å². The SMILES string of the molecule is CCS(=O)(=O)C1CSCCN1CCNC1CCCC(C)C1. The van der Waals surface area contributed by atoms with Crippen LogP contribution >= 0.6 is 11.8 Å². The summed E-state index contributed by atoms with van der Waals surface area (Å²) in [5.74, 6) is 2.87. The molecule has 3 atom stereocenters. The normalized spacial score (nSPS) is 32.2. The number of rotatable bonds is 6. The van der Waals surface area contributed by atoms with E-state index in [2.05, 4.69) is 17.1 Å². The van der Waals surface area contributed by atoms with Crippen molar-refractivity contribution < 1.29 is 8.42 Å². The Labute approximate surface area is 134 Å². The third kappa shape index (κ3) is 5.12. The lowest BCUT2D eigenvalue weighted by Crippen LogP contribution is -2.50. The van der Waals surface area contributed by atoms with Gasteiger partial charge in [0.2, 0.25) is 0 Å². The Hall–Kier alpha value is 0.220. The third-order valence-electron chi connectivity index (χ3n) is 4.78. The summed E-state index contributed by atoms with van der Waals surface area (Å²) in [6, 6.07) is 0.633. The Kier molecular flexibility index (Phi) is 6.84. The molecule has 1 N–H and O–H groups in total. The fraction of sp³-hybridized carbons (Fsp3) is 1.00. The van der Waals surface area contributed by atoms with Crippen LogP contribution in [0.1, 0.15) is 39.5 Å². The van der Waals surface area contributed by atoms with Gasteiger partial charge in [0.05, 0.1) is 0 Å². The Balaban J connectivity index is 1.80. The molecular formula is C15H30N2O2S2. The van der Waals surface area contributed by atoms with E-state index in [1.807, 2.05) is 0 Å². The highest BCUT2D eigenvalue weighted by molar-refractivity contribution is 8.01. The molecule has 4 nitrogen and oxygen atoms in total. The van der Waals surface area contributed by atoms with E-state index in [9.17, 15) is 8.42 Å². The van der Waals surface area contributed by atoms with Gasteiger partial charge < -0.3 is 5.32 Å². The van der Waals surface area contributed by atoms with Crippen LogP contribution in [0.4, 0.5) is 0 Å². The second kappa shape index (κ2) is 8.18. The first kappa shape index (κ1) is 17.6. The van der Waals surface area contributed by atoms with Gasteiger partial charge in [-0.1, -0.05) is 26.7 Å². The maximum absolute atomic E-state index is 12.2. The molecule has 0 amide bonds. The van der Waals surface area contributed by atoms with Crippen LogP contribution in [0.2, 0.25) is 0 Å². The molecule has 2 aliphatic rings. The van der Waals surface area contributed by atoms with E-state index in [-0.39, 0.29) is 11.1 Å².